The maximum absolute atomic E-state index is 12.7. The van der Waals surface area contributed by atoms with Crippen LogP contribution in [0.3, 0.4) is 0 Å². The molecular formula is C23H33N3O4. The van der Waals surface area contributed by atoms with Crippen LogP contribution in [0, 0.1) is 0 Å². The van der Waals surface area contributed by atoms with Gasteiger partial charge in [0.05, 0.1) is 19.1 Å². The first kappa shape index (κ1) is 22.0. The van der Waals surface area contributed by atoms with Crippen LogP contribution in [0.25, 0.3) is 10.9 Å². The average molecular weight is 416 g/mol. The largest absolute Gasteiger partial charge is 0.497 e. The van der Waals surface area contributed by atoms with Crippen LogP contribution in [0.2, 0.25) is 0 Å². The second kappa shape index (κ2) is 8.98. The van der Waals surface area contributed by atoms with E-state index in [1.165, 1.54) is 0 Å². The summed E-state index contributed by atoms with van der Waals surface area (Å²) < 4.78 is 10.7. The first-order chi connectivity index (χ1) is 14.2. The van der Waals surface area contributed by atoms with E-state index in [9.17, 15) is 9.59 Å². The molecular weight excluding hydrogens is 382 g/mol. The van der Waals surface area contributed by atoms with Crippen LogP contribution in [0.15, 0.2) is 24.4 Å². The highest BCUT2D eigenvalue weighted by molar-refractivity contribution is 5.89. The summed E-state index contributed by atoms with van der Waals surface area (Å²) in [7, 11) is 1.63. The van der Waals surface area contributed by atoms with E-state index in [2.05, 4.69) is 15.6 Å². The molecule has 7 nitrogen and oxygen atoms in total. The van der Waals surface area contributed by atoms with Crippen molar-refractivity contribution >= 4 is 22.9 Å². The number of nitrogens with one attached hydrogen (secondary N) is 3. The minimum absolute atomic E-state index is 0.0744. The zero-order valence-corrected chi connectivity index (χ0v) is 18.4. The van der Waals surface area contributed by atoms with Crippen LogP contribution in [0.1, 0.15) is 58.4 Å². The van der Waals surface area contributed by atoms with Gasteiger partial charge >= 0.3 is 6.09 Å². The molecule has 3 N–H and O–H groups in total. The number of fused-ring (bicyclic) bond motifs is 1. The van der Waals surface area contributed by atoms with Gasteiger partial charge in [-0.1, -0.05) is 19.3 Å². The van der Waals surface area contributed by atoms with E-state index in [4.69, 9.17) is 9.47 Å². The molecule has 7 heteroatoms. The van der Waals surface area contributed by atoms with Crippen molar-refractivity contribution in [1.29, 1.82) is 0 Å². The molecule has 2 aromatic rings. The molecule has 2 amide bonds. The van der Waals surface area contributed by atoms with Crippen molar-refractivity contribution in [2.24, 2.45) is 0 Å². The van der Waals surface area contributed by atoms with Gasteiger partial charge in [0.1, 0.15) is 11.4 Å². The standard InChI is InChI=1S/C23H33N3O4/c1-22(2,3)30-21(28)26-23(10-6-5-7-11-23)15-25-20(27)12-16-14-24-19-9-8-17(29-4)13-18(16)19/h8-9,13-14,24H,5-7,10-12,15H2,1-4H3,(H,25,27)(H,26,28). The van der Waals surface area contributed by atoms with Gasteiger partial charge in [0, 0.05) is 23.6 Å². The van der Waals surface area contributed by atoms with Gasteiger partial charge in [-0.15, -0.1) is 0 Å². The number of alkyl carbamates (subject to hydrolysis) is 1. The Hall–Kier alpha value is -2.70. The molecule has 0 bridgehead atoms. The van der Waals surface area contributed by atoms with Gasteiger partial charge in [0.2, 0.25) is 5.91 Å². The fourth-order valence-electron chi connectivity index (χ4n) is 4.03. The number of hydrogen-bond acceptors (Lipinski definition) is 4. The number of methoxy groups -OCH3 is 1. The highest BCUT2D eigenvalue weighted by atomic mass is 16.6. The van der Waals surface area contributed by atoms with Crippen molar-refractivity contribution in [2.45, 2.75) is 70.4 Å². The molecule has 0 radical (unpaired) electrons. The van der Waals surface area contributed by atoms with Crippen LogP contribution in [-0.4, -0.2) is 41.8 Å². The molecule has 0 unspecified atom stereocenters. The van der Waals surface area contributed by atoms with Crippen molar-refractivity contribution in [3.63, 3.8) is 0 Å². The van der Waals surface area contributed by atoms with Crippen molar-refractivity contribution < 1.29 is 19.1 Å². The molecule has 0 spiro atoms. The number of ether oxygens (including phenoxy) is 2. The molecule has 1 heterocycles. The second-order valence-corrected chi connectivity index (χ2v) is 9.15. The third-order valence-electron chi connectivity index (χ3n) is 5.53. The van der Waals surface area contributed by atoms with E-state index in [0.717, 1.165) is 54.3 Å². The monoisotopic (exact) mass is 415 g/mol. The Kier molecular flexibility index (Phi) is 6.58. The van der Waals surface area contributed by atoms with Crippen LogP contribution in [0.5, 0.6) is 5.75 Å². The van der Waals surface area contributed by atoms with Crippen molar-refractivity contribution in [3.05, 3.63) is 30.0 Å². The number of carbonyl (C=O) groups is 2. The maximum Gasteiger partial charge on any atom is 0.408 e. The Bertz CT molecular complexity index is 891. The van der Waals surface area contributed by atoms with Crippen molar-refractivity contribution in [3.8, 4) is 5.75 Å². The Morgan fingerprint density at radius 3 is 2.57 bits per heavy atom. The summed E-state index contributed by atoms with van der Waals surface area (Å²) in [6, 6.07) is 5.76. The quantitative estimate of drug-likeness (QED) is 0.663. The number of carbonyl (C=O) groups excluding carboxylic acids is 2. The number of aromatic amines is 1. The second-order valence-electron chi connectivity index (χ2n) is 9.15. The lowest BCUT2D eigenvalue weighted by Crippen LogP contribution is -2.57. The van der Waals surface area contributed by atoms with Gasteiger partial charge in [0.25, 0.3) is 0 Å². The minimum atomic E-state index is -0.556. The van der Waals surface area contributed by atoms with Crippen LogP contribution in [0.4, 0.5) is 4.79 Å². The summed E-state index contributed by atoms with van der Waals surface area (Å²) in [5.74, 6) is 0.682. The molecule has 1 aromatic heterocycles. The highest BCUT2D eigenvalue weighted by Crippen LogP contribution is 2.28. The van der Waals surface area contributed by atoms with E-state index >= 15 is 0 Å². The SMILES string of the molecule is COc1ccc2[nH]cc(CC(=O)NCC3(NC(=O)OC(C)(C)C)CCCCC3)c2c1. The molecule has 0 aliphatic heterocycles. The van der Waals surface area contributed by atoms with E-state index in [0.29, 0.717) is 6.54 Å². The topological polar surface area (TPSA) is 92.5 Å². The van der Waals surface area contributed by atoms with Crippen molar-refractivity contribution in [2.75, 3.05) is 13.7 Å². The summed E-state index contributed by atoms with van der Waals surface area (Å²) >= 11 is 0. The molecule has 30 heavy (non-hydrogen) atoms. The molecule has 1 fully saturated rings. The summed E-state index contributed by atoms with van der Waals surface area (Å²) in [4.78, 5) is 28.3. The normalized spacial score (nSPS) is 16.1. The molecule has 164 valence electrons. The van der Waals surface area contributed by atoms with Gasteiger partial charge in [-0.05, 0) is 57.4 Å². The van der Waals surface area contributed by atoms with Gasteiger partial charge in [-0.25, -0.2) is 4.79 Å². The third-order valence-corrected chi connectivity index (χ3v) is 5.53. The third kappa shape index (κ3) is 5.68. The van der Waals surface area contributed by atoms with Gasteiger partial charge in [-0.2, -0.15) is 0 Å². The fourth-order valence-corrected chi connectivity index (χ4v) is 4.03. The number of benzene rings is 1. The summed E-state index contributed by atoms with van der Waals surface area (Å²) in [6.07, 6.45) is 6.54. The summed E-state index contributed by atoms with van der Waals surface area (Å²) in [5, 5.41) is 7.06. The van der Waals surface area contributed by atoms with Crippen LogP contribution in [-0.2, 0) is 16.0 Å². The predicted octanol–water partition coefficient (Wildman–Crippen LogP) is 4.06. The first-order valence-electron chi connectivity index (χ1n) is 10.6. The minimum Gasteiger partial charge on any atom is -0.497 e. The first-order valence-corrected chi connectivity index (χ1v) is 10.6. The molecule has 1 saturated carbocycles. The molecule has 3 rings (SSSR count). The van der Waals surface area contributed by atoms with E-state index < -0.39 is 17.2 Å². The van der Waals surface area contributed by atoms with Gasteiger partial charge in [0.15, 0.2) is 0 Å². The fraction of sp³-hybridized carbons (Fsp3) is 0.565. The number of hydrogen-bond donors (Lipinski definition) is 3. The Morgan fingerprint density at radius 1 is 1.17 bits per heavy atom. The molecule has 0 atom stereocenters. The lowest BCUT2D eigenvalue weighted by atomic mass is 9.81. The number of aromatic nitrogens is 1. The predicted molar refractivity (Wildman–Crippen MR) is 117 cm³/mol. The lowest BCUT2D eigenvalue weighted by molar-refractivity contribution is -0.120. The molecule has 1 aromatic carbocycles. The van der Waals surface area contributed by atoms with Gasteiger partial charge in [-0.3, -0.25) is 4.79 Å². The van der Waals surface area contributed by atoms with E-state index in [1.54, 1.807) is 7.11 Å². The Morgan fingerprint density at radius 2 is 1.90 bits per heavy atom. The van der Waals surface area contributed by atoms with Gasteiger partial charge < -0.3 is 25.1 Å². The summed E-state index contributed by atoms with van der Waals surface area (Å²) in [5.41, 5.74) is 0.868. The van der Waals surface area contributed by atoms with E-state index in [-0.39, 0.29) is 12.3 Å². The number of rotatable bonds is 6. The number of amides is 2. The summed E-state index contributed by atoms with van der Waals surface area (Å²) in [6.45, 7) is 5.94. The van der Waals surface area contributed by atoms with Crippen molar-refractivity contribution in [1.82, 2.24) is 15.6 Å². The maximum atomic E-state index is 12.7. The smallest absolute Gasteiger partial charge is 0.408 e. The van der Waals surface area contributed by atoms with Crippen LogP contribution >= 0.6 is 0 Å². The Labute approximate surface area is 177 Å². The highest BCUT2D eigenvalue weighted by Gasteiger charge is 2.35. The molecule has 1 aliphatic carbocycles. The Balaban J connectivity index is 1.64. The molecule has 1 aliphatic rings. The van der Waals surface area contributed by atoms with E-state index in [1.807, 2.05) is 45.2 Å². The average Bonchev–Trinajstić information content (AvgIpc) is 3.07. The zero-order chi connectivity index (χ0) is 21.8. The van der Waals surface area contributed by atoms with Crippen LogP contribution < -0.4 is 15.4 Å². The zero-order valence-electron chi connectivity index (χ0n) is 18.4. The molecule has 0 saturated heterocycles. The lowest BCUT2D eigenvalue weighted by Gasteiger charge is -2.38. The number of H-pyrrole nitrogens is 1.